The molecule has 116 valence electrons. The molecule has 2 N–H and O–H groups in total. The Labute approximate surface area is 117 Å². The van der Waals surface area contributed by atoms with Crippen LogP contribution in [0.1, 0.15) is 32.1 Å². The normalized spacial score (nSPS) is 20.4. The topological polar surface area (TPSA) is 102 Å². The fourth-order valence-corrected chi connectivity index (χ4v) is 1.85. The number of unbranched alkanes of at least 4 members (excludes halogenated alkanes) is 1. The number of carbonyl (C=O) groups is 2. The van der Waals surface area contributed by atoms with Crippen LogP contribution < -0.4 is 0 Å². The molecule has 1 aliphatic heterocycles. The smallest absolute Gasteiger partial charge is 0.305 e. The molecule has 0 radical (unpaired) electrons. The zero-order chi connectivity index (χ0) is 14.8. The number of carboxylic acid groups (broad SMARTS) is 1. The molecule has 1 fully saturated rings. The molecule has 0 amide bonds. The van der Waals surface area contributed by atoms with Crippen molar-refractivity contribution < 1.29 is 34.0 Å². The number of hydrogen-bond donors (Lipinski definition) is 2. The second-order valence-electron chi connectivity index (χ2n) is 4.74. The maximum Gasteiger partial charge on any atom is 0.305 e. The summed E-state index contributed by atoms with van der Waals surface area (Å²) in [7, 11) is 0. The lowest BCUT2D eigenvalue weighted by Gasteiger charge is -2.24. The molecular weight excluding hydrogens is 268 g/mol. The Morgan fingerprint density at radius 2 is 2.00 bits per heavy atom. The molecule has 1 saturated heterocycles. The van der Waals surface area contributed by atoms with Crippen LogP contribution in [0.4, 0.5) is 0 Å². The zero-order valence-electron chi connectivity index (χ0n) is 11.5. The largest absolute Gasteiger partial charge is 0.481 e. The van der Waals surface area contributed by atoms with E-state index in [4.69, 9.17) is 19.3 Å². The minimum Gasteiger partial charge on any atom is -0.481 e. The van der Waals surface area contributed by atoms with Crippen LogP contribution >= 0.6 is 0 Å². The molecular formula is C13H22O7. The molecule has 20 heavy (non-hydrogen) atoms. The van der Waals surface area contributed by atoms with Crippen LogP contribution in [-0.4, -0.2) is 60.8 Å². The van der Waals surface area contributed by atoms with E-state index in [-0.39, 0.29) is 25.6 Å². The molecule has 2 unspecified atom stereocenters. The van der Waals surface area contributed by atoms with Gasteiger partial charge in [-0.15, -0.1) is 0 Å². The Hall–Kier alpha value is -1.18. The summed E-state index contributed by atoms with van der Waals surface area (Å²) in [6.45, 7) is 1.45. The van der Waals surface area contributed by atoms with Crippen molar-refractivity contribution in [3.8, 4) is 0 Å². The predicted molar refractivity (Wildman–Crippen MR) is 68.2 cm³/mol. The number of carboxylic acids is 1. The molecule has 0 spiro atoms. The molecule has 7 heteroatoms. The highest BCUT2D eigenvalue weighted by atomic mass is 16.6. The van der Waals surface area contributed by atoms with Crippen molar-refractivity contribution in [1.29, 1.82) is 0 Å². The average molecular weight is 290 g/mol. The minimum absolute atomic E-state index is 0.0505. The summed E-state index contributed by atoms with van der Waals surface area (Å²) in [5, 5.41) is 18.1. The van der Waals surface area contributed by atoms with Crippen molar-refractivity contribution >= 4 is 11.9 Å². The first-order valence-corrected chi connectivity index (χ1v) is 6.82. The third-order valence-corrected chi connectivity index (χ3v) is 2.88. The van der Waals surface area contributed by atoms with Crippen molar-refractivity contribution in [2.45, 2.75) is 44.3 Å². The standard InChI is InChI=1S/C13H22O7/c14-10(7-11-9-18-5-6-19-11)8-20-13(17)4-2-1-3-12(15)16/h10-11,14H,1-9H2,(H,15,16). The monoisotopic (exact) mass is 290 g/mol. The molecule has 0 aromatic carbocycles. The van der Waals surface area contributed by atoms with Gasteiger partial charge in [-0.2, -0.15) is 0 Å². The summed E-state index contributed by atoms with van der Waals surface area (Å²) in [6, 6.07) is 0. The van der Waals surface area contributed by atoms with Crippen molar-refractivity contribution in [3.63, 3.8) is 0 Å². The van der Waals surface area contributed by atoms with Gasteiger partial charge in [0.1, 0.15) is 6.61 Å². The van der Waals surface area contributed by atoms with Gasteiger partial charge >= 0.3 is 11.9 Å². The van der Waals surface area contributed by atoms with E-state index in [0.717, 1.165) is 0 Å². The van der Waals surface area contributed by atoms with Crippen LogP contribution in [0.3, 0.4) is 0 Å². The Bertz CT molecular complexity index is 299. The van der Waals surface area contributed by atoms with Crippen molar-refractivity contribution in [2.24, 2.45) is 0 Å². The summed E-state index contributed by atoms with van der Waals surface area (Å²) >= 11 is 0. The lowest BCUT2D eigenvalue weighted by Crippen LogP contribution is -2.33. The highest BCUT2D eigenvalue weighted by Crippen LogP contribution is 2.09. The number of carbonyl (C=O) groups excluding carboxylic acids is 1. The summed E-state index contributed by atoms with van der Waals surface area (Å²) in [5.74, 6) is -1.29. The van der Waals surface area contributed by atoms with Gasteiger partial charge < -0.3 is 24.4 Å². The average Bonchev–Trinajstić information content (AvgIpc) is 2.42. The minimum atomic E-state index is -0.872. The van der Waals surface area contributed by atoms with Crippen LogP contribution in [0, 0.1) is 0 Å². The van der Waals surface area contributed by atoms with Gasteiger partial charge in [-0.25, -0.2) is 0 Å². The zero-order valence-corrected chi connectivity index (χ0v) is 11.5. The van der Waals surface area contributed by atoms with Gasteiger partial charge in [0.05, 0.1) is 32.0 Å². The second-order valence-corrected chi connectivity index (χ2v) is 4.74. The summed E-state index contributed by atoms with van der Waals surface area (Å²) in [4.78, 5) is 21.6. The van der Waals surface area contributed by atoms with E-state index < -0.39 is 18.0 Å². The Kier molecular flexibility index (Phi) is 8.17. The van der Waals surface area contributed by atoms with Gasteiger partial charge in [-0.3, -0.25) is 9.59 Å². The van der Waals surface area contributed by atoms with Gasteiger partial charge in [0.15, 0.2) is 0 Å². The lowest BCUT2D eigenvalue weighted by molar-refractivity contribution is -0.149. The van der Waals surface area contributed by atoms with Gasteiger partial charge in [-0.05, 0) is 12.8 Å². The number of aliphatic carboxylic acids is 1. The maximum atomic E-state index is 11.3. The Morgan fingerprint density at radius 3 is 2.65 bits per heavy atom. The molecule has 1 rings (SSSR count). The second kappa shape index (κ2) is 9.68. The van der Waals surface area contributed by atoms with E-state index in [0.29, 0.717) is 39.1 Å². The van der Waals surface area contributed by atoms with Crippen LogP contribution in [0.5, 0.6) is 0 Å². The van der Waals surface area contributed by atoms with Gasteiger partial charge in [-0.1, -0.05) is 0 Å². The van der Waals surface area contributed by atoms with Gasteiger partial charge in [0.2, 0.25) is 0 Å². The molecule has 0 aromatic heterocycles. The number of aliphatic hydroxyl groups excluding tert-OH is 1. The number of ether oxygens (including phenoxy) is 3. The van der Waals surface area contributed by atoms with Crippen LogP contribution in [0.2, 0.25) is 0 Å². The molecule has 1 aliphatic rings. The number of hydrogen-bond acceptors (Lipinski definition) is 6. The number of aliphatic hydroxyl groups is 1. The van der Waals surface area contributed by atoms with Crippen LogP contribution in [0.15, 0.2) is 0 Å². The van der Waals surface area contributed by atoms with Crippen molar-refractivity contribution in [1.82, 2.24) is 0 Å². The predicted octanol–water partition coefficient (Wildman–Crippen LogP) is 0.341. The summed E-state index contributed by atoms with van der Waals surface area (Å²) < 4.78 is 15.5. The van der Waals surface area contributed by atoms with Crippen LogP contribution in [0.25, 0.3) is 0 Å². The van der Waals surface area contributed by atoms with E-state index >= 15 is 0 Å². The first-order valence-electron chi connectivity index (χ1n) is 6.82. The molecule has 2 atom stereocenters. The van der Waals surface area contributed by atoms with Crippen LogP contribution in [-0.2, 0) is 23.8 Å². The quantitative estimate of drug-likeness (QED) is 0.466. The third kappa shape index (κ3) is 8.08. The van der Waals surface area contributed by atoms with E-state index in [9.17, 15) is 14.7 Å². The molecule has 1 heterocycles. The summed E-state index contributed by atoms with van der Waals surface area (Å²) in [6.07, 6.45) is 0.573. The van der Waals surface area contributed by atoms with Gasteiger partial charge in [0.25, 0.3) is 0 Å². The molecule has 0 aliphatic carbocycles. The molecule has 0 bridgehead atoms. The van der Waals surface area contributed by atoms with Crippen molar-refractivity contribution in [3.05, 3.63) is 0 Å². The third-order valence-electron chi connectivity index (χ3n) is 2.88. The lowest BCUT2D eigenvalue weighted by atomic mass is 10.1. The highest BCUT2D eigenvalue weighted by molar-refractivity contribution is 5.69. The first-order chi connectivity index (χ1) is 9.58. The number of rotatable bonds is 9. The highest BCUT2D eigenvalue weighted by Gasteiger charge is 2.19. The SMILES string of the molecule is O=C(O)CCCCC(=O)OCC(O)CC1COCCO1. The van der Waals surface area contributed by atoms with E-state index in [1.54, 1.807) is 0 Å². The fraction of sp³-hybridized carbons (Fsp3) is 0.846. The molecule has 0 aromatic rings. The van der Waals surface area contributed by atoms with E-state index in [1.807, 2.05) is 0 Å². The van der Waals surface area contributed by atoms with Crippen molar-refractivity contribution in [2.75, 3.05) is 26.4 Å². The maximum absolute atomic E-state index is 11.3. The number of esters is 1. The Balaban J connectivity index is 2.02. The summed E-state index contributed by atoms with van der Waals surface area (Å²) in [5.41, 5.74) is 0. The molecule has 7 nitrogen and oxygen atoms in total. The first kappa shape index (κ1) is 16.9. The van der Waals surface area contributed by atoms with E-state index in [2.05, 4.69) is 0 Å². The fourth-order valence-electron chi connectivity index (χ4n) is 1.85. The molecule has 0 saturated carbocycles. The van der Waals surface area contributed by atoms with E-state index in [1.165, 1.54) is 0 Å². The van der Waals surface area contributed by atoms with Gasteiger partial charge in [0, 0.05) is 19.3 Å². The Morgan fingerprint density at radius 1 is 1.25 bits per heavy atom.